The second-order valence-corrected chi connectivity index (χ2v) is 5.47. The molecule has 3 nitrogen and oxygen atoms in total. The fraction of sp³-hybridized carbons (Fsp3) is 0.462. The fourth-order valence-electron chi connectivity index (χ4n) is 1.94. The molecule has 1 aliphatic rings. The van der Waals surface area contributed by atoms with Gasteiger partial charge in [0.1, 0.15) is 0 Å². The monoisotopic (exact) mass is 251 g/mol. The molecule has 0 aromatic heterocycles. The smallest absolute Gasteiger partial charge is 0.237 e. The fourth-order valence-corrected chi connectivity index (χ4v) is 3.14. The van der Waals surface area contributed by atoms with Crippen LogP contribution in [0.1, 0.15) is 24.8 Å². The zero-order chi connectivity index (χ0) is 12.1. The van der Waals surface area contributed by atoms with Crippen molar-refractivity contribution in [3.63, 3.8) is 0 Å². The summed E-state index contributed by atoms with van der Waals surface area (Å²) in [5.41, 5.74) is 1.49. The van der Waals surface area contributed by atoms with Crippen molar-refractivity contribution in [3.8, 4) is 0 Å². The normalized spacial score (nSPS) is 19.9. The maximum atomic E-state index is 12.0. The molecule has 1 heterocycles. The molecular weight excluding hydrogens is 234 g/mol. The molecule has 0 aliphatic carbocycles. The second kappa shape index (κ2) is 6.07. The average Bonchev–Trinajstić information content (AvgIpc) is 2.40. The van der Waals surface area contributed by atoms with Gasteiger partial charge in [-0.2, -0.15) is 0 Å². The van der Waals surface area contributed by atoms with Crippen LogP contribution in [-0.4, -0.2) is 22.0 Å². The number of anilines is 1. The average molecular weight is 251 g/mol. The maximum Gasteiger partial charge on any atom is 0.237 e. The van der Waals surface area contributed by atoms with Crippen LogP contribution in [0.25, 0.3) is 0 Å². The molecule has 0 saturated carbocycles. The van der Waals surface area contributed by atoms with Crippen molar-refractivity contribution in [2.24, 2.45) is 0 Å². The van der Waals surface area contributed by atoms with Gasteiger partial charge >= 0.3 is 0 Å². The van der Waals surface area contributed by atoms with Gasteiger partial charge < -0.3 is 10.4 Å². The number of nitrogens with one attached hydrogen (secondary N) is 1. The van der Waals surface area contributed by atoms with Crippen LogP contribution in [0.3, 0.4) is 0 Å². The Morgan fingerprint density at radius 3 is 2.94 bits per heavy atom. The number of para-hydroxylation sites is 1. The molecule has 0 radical (unpaired) electrons. The largest absolute Gasteiger partial charge is 0.392 e. The van der Waals surface area contributed by atoms with Crippen molar-refractivity contribution >= 4 is 23.4 Å². The SMILES string of the molecule is O=C(Nc1ccccc1CO)C1CCCCS1. The van der Waals surface area contributed by atoms with Gasteiger partial charge in [0.25, 0.3) is 0 Å². The molecule has 4 heteroatoms. The zero-order valence-corrected chi connectivity index (χ0v) is 10.5. The molecule has 1 amide bonds. The Kier molecular flexibility index (Phi) is 4.45. The highest BCUT2D eigenvalue weighted by molar-refractivity contribution is 8.00. The molecule has 1 aliphatic heterocycles. The number of benzene rings is 1. The second-order valence-electron chi connectivity index (χ2n) is 4.16. The molecule has 1 aromatic rings. The van der Waals surface area contributed by atoms with Crippen LogP contribution in [0.15, 0.2) is 24.3 Å². The molecule has 1 atom stereocenters. The lowest BCUT2D eigenvalue weighted by atomic mass is 10.1. The van der Waals surface area contributed by atoms with E-state index in [1.165, 1.54) is 6.42 Å². The van der Waals surface area contributed by atoms with Crippen LogP contribution in [0.4, 0.5) is 5.69 Å². The van der Waals surface area contributed by atoms with E-state index in [2.05, 4.69) is 5.32 Å². The van der Waals surface area contributed by atoms with Crippen molar-refractivity contribution in [1.29, 1.82) is 0 Å². The van der Waals surface area contributed by atoms with E-state index in [0.29, 0.717) is 0 Å². The third-order valence-corrected chi connectivity index (χ3v) is 4.29. The van der Waals surface area contributed by atoms with Gasteiger partial charge in [0.05, 0.1) is 11.9 Å². The molecule has 1 unspecified atom stereocenters. The first-order valence-electron chi connectivity index (χ1n) is 5.92. The molecule has 0 spiro atoms. The summed E-state index contributed by atoms with van der Waals surface area (Å²) in [6.45, 7) is -0.0474. The summed E-state index contributed by atoms with van der Waals surface area (Å²) < 4.78 is 0. The predicted octanol–water partition coefficient (Wildman–Crippen LogP) is 2.40. The highest BCUT2D eigenvalue weighted by Gasteiger charge is 2.22. The number of aliphatic hydroxyl groups is 1. The lowest BCUT2D eigenvalue weighted by Crippen LogP contribution is -2.27. The predicted molar refractivity (Wildman–Crippen MR) is 71.1 cm³/mol. The van der Waals surface area contributed by atoms with Crippen LogP contribution in [-0.2, 0) is 11.4 Å². The van der Waals surface area contributed by atoms with Crippen LogP contribution < -0.4 is 5.32 Å². The topological polar surface area (TPSA) is 49.3 Å². The summed E-state index contributed by atoms with van der Waals surface area (Å²) in [5, 5.41) is 12.2. The summed E-state index contributed by atoms with van der Waals surface area (Å²) in [4.78, 5) is 12.0. The van der Waals surface area contributed by atoms with Gasteiger partial charge in [0.2, 0.25) is 5.91 Å². The van der Waals surface area contributed by atoms with E-state index in [-0.39, 0.29) is 17.8 Å². The van der Waals surface area contributed by atoms with Crippen molar-refractivity contribution in [2.45, 2.75) is 31.1 Å². The molecular formula is C13H17NO2S. The van der Waals surface area contributed by atoms with Crippen molar-refractivity contribution in [2.75, 3.05) is 11.1 Å². The third-order valence-electron chi connectivity index (χ3n) is 2.92. The molecule has 92 valence electrons. The Bertz CT molecular complexity index is 389. The number of hydrogen-bond donors (Lipinski definition) is 2. The van der Waals surface area contributed by atoms with E-state index in [1.54, 1.807) is 11.8 Å². The summed E-state index contributed by atoms with van der Waals surface area (Å²) in [7, 11) is 0. The van der Waals surface area contributed by atoms with Crippen molar-refractivity contribution < 1.29 is 9.90 Å². The summed E-state index contributed by atoms with van der Waals surface area (Å²) in [6.07, 6.45) is 3.30. The lowest BCUT2D eigenvalue weighted by Gasteiger charge is -2.21. The summed E-state index contributed by atoms with van der Waals surface area (Å²) >= 11 is 1.73. The van der Waals surface area contributed by atoms with Crippen molar-refractivity contribution in [3.05, 3.63) is 29.8 Å². The number of hydrogen-bond acceptors (Lipinski definition) is 3. The highest BCUT2D eigenvalue weighted by atomic mass is 32.2. The Morgan fingerprint density at radius 2 is 2.24 bits per heavy atom. The Morgan fingerprint density at radius 1 is 1.41 bits per heavy atom. The van der Waals surface area contributed by atoms with Gasteiger partial charge in [-0.15, -0.1) is 11.8 Å². The first-order valence-corrected chi connectivity index (χ1v) is 6.97. The highest BCUT2D eigenvalue weighted by Crippen LogP contribution is 2.26. The minimum absolute atomic E-state index is 0.0474. The number of carbonyl (C=O) groups excluding carboxylic acids is 1. The lowest BCUT2D eigenvalue weighted by molar-refractivity contribution is -0.115. The molecule has 0 bridgehead atoms. The van der Waals surface area contributed by atoms with E-state index in [1.807, 2.05) is 24.3 Å². The Balaban J connectivity index is 2.01. The number of aliphatic hydroxyl groups excluding tert-OH is 1. The van der Waals surface area contributed by atoms with Gasteiger partial charge in [-0.25, -0.2) is 0 Å². The first kappa shape index (κ1) is 12.5. The van der Waals surface area contributed by atoms with E-state index >= 15 is 0 Å². The number of carbonyl (C=O) groups is 1. The van der Waals surface area contributed by atoms with Crippen LogP contribution >= 0.6 is 11.8 Å². The van der Waals surface area contributed by atoms with Crippen LogP contribution in [0.5, 0.6) is 0 Å². The number of rotatable bonds is 3. The minimum Gasteiger partial charge on any atom is -0.392 e. The minimum atomic E-state index is -0.0474. The quantitative estimate of drug-likeness (QED) is 0.867. The Labute approximate surface area is 106 Å². The van der Waals surface area contributed by atoms with Gasteiger partial charge in [0.15, 0.2) is 0 Å². The first-order chi connectivity index (χ1) is 8.31. The van der Waals surface area contributed by atoms with Crippen LogP contribution in [0.2, 0.25) is 0 Å². The van der Waals surface area contributed by atoms with E-state index < -0.39 is 0 Å². The number of amides is 1. The summed E-state index contributed by atoms with van der Waals surface area (Å²) in [6, 6.07) is 7.37. The molecule has 17 heavy (non-hydrogen) atoms. The third kappa shape index (κ3) is 3.23. The van der Waals surface area contributed by atoms with Gasteiger partial charge in [-0.3, -0.25) is 4.79 Å². The van der Waals surface area contributed by atoms with E-state index in [9.17, 15) is 9.90 Å². The number of thioether (sulfide) groups is 1. The molecule has 1 aromatic carbocycles. The van der Waals surface area contributed by atoms with Crippen LogP contribution in [0, 0.1) is 0 Å². The molecule has 2 N–H and O–H groups in total. The molecule has 1 fully saturated rings. The van der Waals surface area contributed by atoms with Gasteiger partial charge in [0, 0.05) is 11.3 Å². The maximum absolute atomic E-state index is 12.0. The molecule has 2 rings (SSSR count). The Hall–Kier alpha value is -1.00. The van der Waals surface area contributed by atoms with Crippen molar-refractivity contribution in [1.82, 2.24) is 0 Å². The molecule has 1 saturated heterocycles. The van der Waals surface area contributed by atoms with E-state index in [0.717, 1.165) is 29.8 Å². The van der Waals surface area contributed by atoms with E-state index in [4.69, 9.17) is 0 Å². The zero-order valence-electron chi connectivity index (χ0n) is 9.69. The standard InChI is InChI=1S/C13H17NO2S/c15-9-10-5-1-2-6-11(10)14-13(16)12-7-3-4-8-17-12/h1-2,5-6,12,15H,3-4,7-9H2,(H,14,16). The van der Waals surface area contributed by atoms with Gasteiger partial charge in [-0.05, 0) is 24.7 Å². The summed E-state index contributed by atoms with van der Waals surface area (Å²) in [5.74, 6) is 1.13. The van der Waals surface area contributed by atoms with Gasteiger partial charge in [-0.1, -0.05) is 24.6 Å².